The second kappa shape index (κ2) is 4.53. The minimum Gasteiger partial charge on any atom is -0.396 e. The predicted molar refractivity (Wildman–Crippen MR) is 62.3 cm³/mol. The van der Waals surface area contributed by atoms with Crippen LogP contribution in [0.2, 0.25) is 0 Å². The third-order valence-electron chi connectivity index (χ3n) is 2.50. The second-order valence-corrected chi connectivity index (χ2v) is 3.82. The average molecular weight is 237 g/mol. The van der Waals surface area contributed by atoms with E-state index in [4.69, 9.17) is 5.73 Å². The maximum atomic E-state index is 13.7. The van der Waals surface area contributed by atoms with Crippen LogP contribution in [-0.4, -0.2) is 9.78 Å². The van der Waals surface area contributed by atoms with Crippen LogP contribution in [0, 0.1) is 11.6 Å². The lowest BCUT2D eigenvalue weighted by atomic mass is 10.1. The molecule has 2 aromatic rings. The monoisotopic (exact) mass is 237 g/mol. The number of hydrogen-bond donors (Lipinski definition) is 1. The van der Waals surface area contributed by atoms with Crippen LogP contribution in [0.3, 0.4) is 0 Å². The van der Waals surface area contributed by atoms with E-state index in [1.54, 1.807) is 10.9 Å². The van der Waals surface area contributed by atoms with Gasteiger partial charge in [-0.2, -0.15) is 5.10 Å². The number of hydrogen-bond acceptors (Lipinski definition) is 2. The van der Waals surface area contributed by atoms with Gasteiger partial charge >= 0.3 is 0 Å². The minimum absolute atomic E-state index is 0.0651. The van der Waals surface area contributed by atoms with E-state index in [0.29, 0.717) is 12.1 Å². The maximum absolute atomic E-state index is 13.7. The van der Waals surface area contributed by atoms with Crippen molar-refractivity contribution in [2.24, 2.45) is 0 Å². The number of nitrogen functional groups attached to an aromatic ring is 1. The molecule has 17 heavy (non-hydrogen) atoms. The van der Waals surface area contributed by atoms with E-state index >= 15 is 0 Å². The topological polar surface area (TPSA) is 43.8 Å². The van der Waals surface area contributed by atoms with Crippen molar-refractivity contribution in [2.45, 2.75) is 19.9 Å². The molecule has 1 aromatic heterocycles. The normalized spacial score (nSPS) is 10.8. The Morgan fingerprint density at radius 1 is 1.35 bits per heavy atom. The van der Waals surface area contributed by atoms with Gasteiger partial charge in [0.1, 0.15) is 5.82 Å². The van der Waals surface area contributed by atoms with E-state index in [1.807, 2.05) is 6.92 Å². The number of aryl methyl sites for hydroxylation is 1. The number of nitrogens with two attached hydrogens (primary N) is 1. The van der Waals surface area contributed by atoms with E-state index < -0.39 is 11.6 Å². The number of rotatable bonds is 3. The fourth-order valence-corrected chi connectivity index (χ4v) is 1.68. The van der Waals surface area contributed by atoms with Crippen LogP contribution in [0.4, 0.5) is 14.5 Å². The van der Waals surface area contributed by atoms with Gasteiger partial charge in [0.15, 0.2) is 5.82 Å². The first kappa shape index (κ1) is 11.6. The van der Waals surface area contributed by atoms with Crippen LogP contribution in [-0.2, 0) is 6.54 Å². The molecule has 0 amide bonds. The fraction of sp³-hybridized carbons (Fsp3) is 0.250. The molecule has 0 atom stereocenters. The molecule has 0 spiro atoms. The Morgan fingerprint density at radius 2 is 2.12 bits per heavy atom. The molecule has 0 fully saturated rings. The first-order valence-electron chi connectivity index (χ1n) is 5.39. The third-order valence-corrected chi connectivity index (χ3v) is 2.50. The van der Waals surface area contributed by atoms with Crippen LogP contribution in [0.5, 0.6) is 0 Å². The van der Waals surface area contributed by atoms with E-state index in [1.165, 1.54) is 12.3 Å². The standard InChI is InChI=1S/C12H13F2N3/c1-2-5-17-7-8(6-16-17)11-9(13)3-4-10(15)12(11)14/h3-4,6-7H,2,5,15H2,1H3. The van der Waals surface area contributed by atoms with Crippen LogP contribution in [0.15, 0.2) is 24.5 Å². The van der Waals surface area contributed by atoms with Gasteiger partial charge in [0.2, 0.25) is 0 Å². The molecule has 0 aliphatic heterocycles. The molecule has 0 bridgehead atoms. The number of nitrogens with zero attached hydrogens (tertiary/aromatic N) is 2. The summed E-state index contributed by atoms with van der Waals surface area (Å²) in [5.41, 5.74) is 5.64. The van der Waals surface area contributed by atoms with Crippen LogP contribution >= 0.6 is 0 Å². The van der Waals surface area contributed by atoms with Gasteiger partial charge in [-0.15, -0.1) is 0 Å². The summed E-state index contributed by atoms with van der Waals surface area (Å²) in [4.78, 5) is 0. The summed E-state index contributed by atoms with van der Waals surface area (Å²) in [5.74, 6) is -1.37. The SMILES string of the molecule is CCCn1cc(-c2c(F)ccc(N)c2F)cn1. The molecule has 0 aliphatic carbocycles. The summed E-state index contributed by atoms with van der Waals surface area (Å²) < 4.78 is 29.0. The molecule has 0 aliphatic rings. The van der Waals surface area contributed by atoms with Crippen LogP contribution < -0.4 is 5.73 Å². The minimum atomic E-state index is -0.735. The lowest BCUT2D eigenvalue weighted by Gasteiger charge is -2.04. The van der Waals surface area contributed by atoms with Gasteiger partial charge in [0.05, 0.1) is 17.4 Å². The lowest BCUT2D eigenvalue weighted by Crippen LogP contribution is -1.97. The highest BCUT2D eigenvalue weighted by Crippen LogP contribution is 2.28. The Balaban J connectivity index is 2.48. The van der Waals surface area contributed by atoms with Crippen LogP contribution in [0.25, 0.3) is 11.1 Å². The average Bonchev–Trinajstić information content (AvgIpc) is 2.73. The zero-order chi connectivity index (χ0) is 12.4. The van der Waals surface area contributed by atoms with Crippen molar-refractivity contribution in [1.29, 1.82) is 0 Å². The zero-order valence-electron chi connectivity index (χ0n) is 9.45. The highest BCUT2D eigenvalue weighted by molar-refractivity contribution is 5.68. The van der Waals surface area contributed by atoms with Crippen molar-refractivity contribution in [3.63, 3.8) is 0 Å². The second-order valence-electron chi connectivity index (χ2n) is 3.82. The molecule has 5 heteroatoms. The smallest absolute Gasteiger partial charge is 0.156 e. The molecule has 3 nitrogen and oxygen atoms in total. The molecule has 0 radical (unpaired) electrons. The molecule has 1 aromatic carbocycles. The quantitative estimate of drug-likeness (QED) is 0.834. The van der Waals surface area contributed by atoms with Crippen molar-refractivity contribution >= 4 is 5.69 Å². The Bertz CT molecular complexity index is 535. The summed E-state index contributed by atoms with van der Waals surface area (Å²) >= 11 is 0. The molecule has 90 valence electrons. The van der Waals surface area contributed by atoms with Crippen molar-refractivity contribution in [2.75, 3.05) is 5.73 Å². The van der Waals surface area contributed by atoms with Gasteiger partial charge in [-0.3, -0.25) is 4.68 Å². The number of aromatic nitrogens is 2. The molecule has 0 unspecified atom stereocenters. The van der Waals surface area contributed by atoms with E-state index in [2.05, 4.69) is 5.10 Å². The summed E-state index contributed by atoms with van der Waals surface area (Å²) in [6.45, 7) is 2.72. The van der Waals surface area contributed by atoms with E-state index in [-0.39, 0.29) is 11.3 Å². The molecular weight excluding hydrogens is 224 g/mol. The number of halogens is 2. The molecule has 2 rings (SSSR count). The summed E-state index contributed by atoms with van der Waals surface area (Å²) in [5, 5.41) is 4.04. The Hall–Kier alpha value is -1.91. The largest absolute Gasteiger partial charge is 0.396 e. The fourth-order valence-electron chi connectivity index (χ4n) is 1.68. The van der Waals surface area contributed by atoms with Gasteiger partial charge in [0.25, 0.3) is 0 Å². The van der Waals surface area contributed by atoms with Crippen molar-refractivity contribution in [3.8, 4) is 11.1 Å². The lowest BCUT2D eigenvalue weighted by molar-refractivity contribution is 0.591. The van der Waals surface area contributed by atoms with Crippen molar-refractivity contribution < 1.29 is 8.78 Å². The van der Waals surface area contributed by atoms with Crippen LogP contribution in [0.1, 0.15) is 13.3 Å². The van der Waals surface area contributed by atoms with E-state index in [0.717, 1.165) is 12.5 Å². The summed E-state index contributed by atoms with van der Waals surface area (Å²) in [7, 11) is 0. The number of anilines is 1. The summed E-state index contributed by atoms with van der Waals surface area (Å²) in [6, 6.07) is 2.37. The van der Waals surface area contributed by atoms with Gasteiger partial charge in [-0.05, 0) is 18.6 Å². The first-order valence-corrected chi connectivity index (χ1v) is 5.39. The Kier molecular flexibility index (Phi) is 3.08. The molecule has 2 N–H and O–H groups in total. The van der Waals surface area contributed by atoms with Gasteiger partial charge in [-0.25, -0.2) is 8.78 Å². The maximum Gasteiger partial charge on any atom is 0.156 e. The third kappa shape index (κ3) is 2.13. The highest BCUT2D eigenvalue weighted by atomic mass is 19.1. The highest BCUT2D eigenvalue weighted by Gasteiger charge is 2.15. The van der Waals surface area contributed by atoms with Gasteiger partial charge < -0.3 is 5.73 Å². The molecule has 1 heterocycles. The Labute approximate surface area is 97.9 Å². The van der Waals surface area contributed by atoms with Crippen molar-refractivity contribution in [3.05, 3.63) is 36.2 Å². The molecule has 0 saturated heterocycles. The predicted octanol–water partition coefficient (Wildman–Crippen LogP) is 2.82. The summed E-state index contributed by atoms with van der Waals surface area (Å²) in [6.07, 6.45) is 3.96. The Morgan fingerprint density at radius 3 is 2.82 bits per heavy atom. The number of benzene rings is 1. The zero-order valence-corrected chi connectivity index (χ0v) is 9.45. The van der Waals surface area contributed by atoms with E-state index in [9.17, 15) is 8.78 Å². The first-order chi connectivity index (χ1) is 8.13. The molecular formula is C12H13F2N3. The van der Waals surface area contributed by atoms with Gasteiger partial charge in [0, 0.05) is 18.3 Å². The van der Waals surface area contributed by atoms with Gasteiger partial charge in [-0.1, -0.05) is 6.92 Å². The molecule has 0 saturated carbocycles. The van der Waals surface area contributed by atoms with Crippen molar-refractivity contribution in [1.82, 2.24) is 9.78 Å².